The number of benzene rings is 1. The van der Waals surface area contributed by atoms with Crippen LogP contribution in [0.1, 0.15) is 37.3 Å². The van der Waals surface area contributed by atoms with Crippen LogP contribution in [-0.4, -0.2) is 18.2 Å². The second kappa shape index (κ2) is 5.54. The maximum atomic E-state index is 10.5. The molecule has 0 heterocycles. The second-order valence-corrected chi connectivity index (χ2v) is 4.12. The number of ether oxygens (including phenoxy) is 1. The van der Waals surface area contributed by atoms with Gasteiger partial charge in [0, 0.05) is 6.42 Å². The summed E-state index contributed by atoms with van der Waals surface area (Å²) in [5.74, 6) is 0.480. The van der Waals surface area contributed by atoms with Gasteiger partial charge in [-0.3, -0.25) is 4.79 Å². The number of rotatable bonds is 5. The second-order valence-electron chi connectivity index (χ2n) is 4.12. The van der Waals surface area contributed by atoms with E-state index in [9.17, 15) is 4.79 Å². The molecule has 3 nitrogen and oxygen atoms in total. The highest BCUT2D eigenvalue weighted by atomic mass is 16.5. The Hall–Kier alpha value is -1.51. The van der Waals surface area contributed by atoms with Crippen LogP contribution in [0, 0.1) is 0 Å². The van der Waals surface area contributed by atoms with Gasteiger partial charge in [-0.25, -0.2) is 0 Å². The molecule has 0 aliphatic rings. The lowest BCUT2D eigenvalue weighted by atomic mass is 9.99. The molecule has 1 aromatic carbocycles. The molecule has 0 unspecified atom stereocenters. The van der Waals surface area contributed by atoms with E-state index in [1.807, 2.05) is 18.2 Å². The van der Waals surface area contributed by atoms with E-state index in [1.165, 1.54) is 0 Å². The van der Waals surface area contributed by atoms with Crippen LogP contribution in [0.5, 0.6) is 5.75 Å². The predicted molar refractivity (Wildman–Crippen MR) is 63.0 cm³/mol. The van der Waals surface area contributed by atoms with Gasteiger partial charge in [-0.2, -0.15) is 0 Å². The van der Waals surface area contributed by atoms with E-state index in [1.54, 1.807) is 7.11 Å². The Bertz CT molecular complexity index is 369. The maximum Gasteiger partial charge on any atom is 0.303 e. The number of carboxylic acid groups (broad SMARTS) is 1. The molecule has 0 radical (unpaired) electrons. The van der Waals surface area contributed by atoms with Crippen LogP contribution in [0.25, 0.3) is 0 Å². The van der Waals surface area contributed by atoms with E-state index >= 15 is 0 Å². The molecule has 0 saturated heterocycles. The molecule has 0 aromatic heterocycles. The highest BCUT2D eigenvalue weighted by Gasteiger charge is 2.08. The van der Waals surface area contributed by atoms with Crippen molar-refractivity contribution in [1.29, 1.82) is 0 Å². The third-order valence-electron chi connectivity index (χ3n) is 2.55. The molecule has 88 valence electrons. The minimum absolute atomic E-state index is 0.157. The lowest BCUT2D eigenvalue weighted by molar-refractivity contribution is -0.136. The molecule has 0 aliphatic carbocycles. The topological polar surface area (TPSA) is 46.5 Å². The average molecular weight is 222 g/mol. The van der Waals surface area contributed by atoms with Gasteiger partial charge in [0.25, 0.3) is 0 Å². The molecule has 1 aromatic rings. The highest BCUT2D eigenvalue weighted by molar-refractivity contribution is 5.67. The number of methoxy groups -OCH3 is 1. The van der Waals surface area contributed by atoms with E-state index in [-0.39, 0.29) is 6.42 Å². The Morgan fingerprint density at radius 2 is 2.12 bits per heavy atom. The van der Waals surface area contributed by atoms with Gasteiger partial charge in [0.15, 0.2) is 0 Å². The van der Waals surface area contributed by atoms with E-state index in [2.05, 4.69) is 13.8 Å². The van der Waals surface area contributed by atoms with E-state index in [0.717, 1.165) is 16.9 Å². The molecule has 0 fully saturated rings. The fraction of sp³-hybridized carbons (Fsp3) is 0.462. The van der Waals surface area contributed by atoms with Gasteiger partial charge < -0.3 is 9.84 Å². The Kier molecular flexibility index (Phi) is 4.35. The molecule has 0 aliphatic heterocycles. The summed E-state index contributed by atoms with van der Waals surface area (Å²) < 4.78 is 5.31. The highest BCUT2D eigenvalue weighted by Crippen LogP contribution is 2.27. The van der Waals surface area contributed by atoms with Crippen molar-refractivity contribution in [3.63, 3.8) is 0 Å². The molecular weight excluding hydrogens is 204 g/mol. The quantitative estimate of drug-likeness (QED) is 0.833. The zero-order valence-electron chi connectivity index (χ0n) is 9.99. The van der Waals surface area contributed by atoms with E-state index < -0.39 is 5.97 Å². The summed E-state index contributed by atoms with van der Waals surface area (Å²) in [5.41, 5.74) is 2.16. The van der Waals surface area contributed by atoms with Gasteiger partial charge in [0.05, 0.1) is 7.11 Å². The summed E-state index contributed by atoms with van der Waals surface area (Å²) in [6.45, 7) is 4.21. The monoisotopic (exact) mass is 222 g/mol. The number of carboxylic acids is 1. The van der Waals surface area contributed by atoms with Gasteiger partial charge in [-0.05, 0) is 29.5 Å². The van der Waals surface area contributed by atoms with Gasteiger partial charge in [0.1, 0.15) is 5.75 Å². The van der Waals surface area contributed by atoms with Crippen LogP contribution >= 0.6 is 0 Å². The summed E-state index contributed by atoms with van der Waals surface area (Å²) in [6.07, 6.45) is 0.703. The lowest BCUT2D eigenvalue weighted by Gasteiger charge is -2.13. The largest absolute Gasteiger partial charge is 0.496 e. The molecule has 1 rings (SSSR count). The van der Waals surface area contributed by atoms with Gasteiger partial charge in [0.2, 0.25) is 0 Å². The predicted octanol–water partition coefficient (Wildman–Crippen LogP) is 2.84. The summed E-state index contributed by atoms with van der Waals surface area (Å²) >= 11 is 0. The van der Waals surface area contributed by atoms with Crippen molar-refractivity contribution in [3.05, 3.63) is 29.3 Å². The molecule has 3 heteroatoms. The Morgan fingerprint density at radius 3 is 2.62 bits per heavy atom. The summed E-state index contributed by atoms with van der Waals surface area (Å²) in [5, 5.41) is 8.61. The van der Waals surface area contributed by atoms with Crippen molar-refractivity contribution in [1.82, 2.24) is 0 Å². The minimum atomic E-state index is -0.771. The summed E-state index contributed by atoms with van der Waals surface area (Å²) in [4.78, 5) is 10.5. The first kappa shape index (κ1) is 12.6. The SMILES string of the molecule is COc1cc(CCC(=O)O)ccc1C(C)C. The van der Waals surface area contributed by atoms with E-state index in [4.69, 9.17) is 9.84 Å². The van der Waals surface area contributed by atoms with Gasteiger partial charge >= 0.3 is 5.97 Å². The van der Waals surface area contributed by atoms with Crippen LogP contribution in [0.3, 0.4) is 0 Å². The number of aryl methyl sites for hydroxylation is 1. The molecule has 1 N–H and O–H groups in total. The van der Waals surface area contributed by atoms with Crippen LogP contribution in [-0.2, 0) is 11.2 Å². The molecule has 0 saturated carbocycles. The fourth-order valence-electron chi connectivity index (χ4n) is 1.64. The first-order valence-electron chi connectivity index (χ1n) is 5.43. The molecule has 0 amide bonds. The summed E-state index contributed by atoms with van der Waals surface area (Å²) in [6, 6.07) is 5.92. The molecule has 16 heavy (non-hydrogen) atoms. The van der Waals surface area contributed by atoms with Crippen LogP contribution in [0.15, 0.2) is 18.2 Å². The average Bonchev–Trinajstić information content (AvgIpc) is 2.25. The van der Waals surface area contributed by atoms with Gasteiger partial charge in [-0.15, -0.1) is 0 Å². The lowest BCUT2D eigenvalue weighted by Crippen LogP contribution is -1.99. The zero-order valence-corrected chi connectivity index (χ0v) is 9.99. The van der Waals surface area contributed by atoms with Crippen LogP contribution < -0.4 is 4.74 Å². The zero-order chi connectivity index (χ0) is 12.1. The van der Waals surface area contributed by atoms with Crippen molar-refractivity contribution in [2.75, 3.05) is 7.11 Å². The van der Waals surface area contributed by atoms with Crippen LogP contribution in [0.4, 0.5) is 0 Å². The molecular formula is C13H18O3. The normalized spacial score (nSPS) is 10.5. The number of carbonyl (C=O) groups is 1. The van der Waals surface area contributed by atoms with Crippen molar-refractivity contribution >= 4 is 5.97 Å². The molecule has 0 atom stereocenters. The first-order valence-corrected chi connectivity index (χ1v) is 5.43. The summed E-state index contributed by atoms with van der Waals surface area (Å²) in [7, 11) is 1.64. The smallest absolute Gasteiger partial charge is 0.303 e. The van der Waals surface area contributed by atoms with Crippen LogP contribution in [0.2, 0.25) is 0 Å². The van der Waals surface area contributed by atoms with Crippen molar-refractivity contribution in [2.45, 2.75) is 32.6 Å². The van der Waals surface area contributed by atoms with Crippen molar-refractivity contribution in [3.8, 4) is 5.75 Å². The Balaban J connectivity index is 2.86. The molecule has 0 bridgehead atoms. The van der Waals surface area contributed by atoms with E-state index in [0.29, 0.717) is 12.3 Å². The third kappa shape index (κ3) is 3.26. The number of hydrogen-bond donors (Lipinski definition) is 1. The Labute approximate surface area is 96.1 Å². The standard InChI is InChI=1S/C13H18O3/c1-9(2)11-6-4-10(5-7-13(14)15)8-12(11)16-3/h4,6,8-9H,5,7H2,1-3H3,(H,14,15). The number of hydrogen-bond acceptors (Lipinski definition) is 2. The van der Waals surface area contributed by atoms with Crippen molar-refractivity contribution < 1.29 is 14.6 Å². The van der Waals surface area contributed by atoms with Gasteiger partial charge in [-0.1, -0.05) is 26.0 Å². The van der Waals surface area contributed by atoms with Crippen molar-refractivity contribution in [2.24, 2.45) is 0 Å². The first-order chi connectivity index (χ1) is 7.54. The third-order valence-corrected chi connectivity index (χ3v) is 2.55. The Morgan fingerprint density at radius 1 is 1.44 bits per heavy atom. The molecule has 0 spiro atoms. The number of aliphatic carboxylic acids is 1. The maximum absolute atomic E-state index is 10.5. The minimum Gasteiger partial charge on any atom is -0.496 e. The fourth-order valence-corrected chi connectivity index (χ4v) is 1.64.